The number of carbonyl (C=O) groups is 1. The van der Waals surface area contributed by atoms with Gasteiger partial charge in [-0.15, -0.1) is 19.0 Å². The van der Waals surface area contributed by atoms with Crippen LogP contribution in [0.5, 0.6) is 0 Å². The van der Waals surface area contributed by atoms with E-state index in [1.807, 2.05) is 18.2 Å². The average molecular weight is 398 g/mol. The molecule has 4 heteroatoms. The number of nitrogens with one attached hydrogen (secondary N) is 1. The number of benzene rings is 1. The van der Waals surface area contributed by atoms with Crippen molar-refractivity contribution in [2.75, 3.05) is 11.9 Å². The molecule has 0 saturated heterocycles. The Kier molecular flexibility index (Phi) is 16.4. The van der Waals surface area contributed by atoms with Crippen LogP contribution >= 0.6 is 24.0 Å². The normalized spacial score (nSPS) is 10.5. The van der Waals surface area contributed by atoms with Gasteiger partial charge in [-0.2, -0.15) is 0 Å². The highest BCUT2D eigenvalue weighted by Crippen LogP contribution is 2.13. The lowest BCUT2D eigenvalue weighted by atomic mass is 10.1. The van der Waals surface area contributed by atoms with Crippen LogP contribution in [0.4, 0.5) is 5.69 Å². The van der Waals surface area contributed by atoms with Gasteiger partial charge in [0, 0.05) is 17.8 Å². The third-order valence-electron chi connectivity index (χ3n) is 4.16. The molecule has 0 saturated carbocycles. The van der Waals surface area contributed by atoms with Gasteiger partial charge in [-0.1, -0.05) is 50.0 Å². The maximum absolute atomic E-state index is 11.1. The minimum atomic E-state index is -0.414. The number of rotatable bonds is 15. The van der Waals surface area contributed by atoms with E-state index in [0.717, 1.165) is 31.5 Å². The second kappa shape index (κ2) is 17.2. The predicted molar refractivity (Wildman–Crippen MR) is 118 cm³/mol. The van der Waals surface area contributed by atoms with E-state index in [4.69, 9.17) is 11.6 Å². The lowest BCUT2D eigenvalue weighted by Gasteiger charge is -2.06. The van der Waals surface area contributed by atoms with Crippen molar-refractivity contribution in [3.05, 3.63) is 54.6 Å². The summed E-state index contributed by atoms with van der Waals surface area (Å²) in [6.07, 6.45) is 19.1. The molecule has 0 spiro atoms. The third-order valence-corrected chi connectivity index (χ3v) is 4.38. The van der Waals surface area contributed by atoms with Crippen LogP contribution < -0.4 is 5.32 Å². The highest BCUT2D eigenvalue weighted by atomic mass is 35.5. The Balaban J connectivity index is 0.00000625. The zero-order valence-corrected chi connectivity index (χ0v) is 17.3. The van der Waals surface area contributed by atoms with E-state index >= 15 is 0 Å². The van der Waals surface area contributed by atoms with Crippen LogP contribution in [0, 0.1) is 0 Å². The van der Waals surface area contributed by atoms with Gasteiger partial charge in [0.2, 0.25) is 0 Å². The van der Waals surface area contributed by atoms with Crippen LogP contribution in [0.15, 0.2) is 49.1 Å². The van der Waals surface area contributed by atoms with Crippen LogP contribution in [0.25, 0.3) is 0 Å². The Labute approximate surface area is 170 Å². The van der Waals surface area contributed by atoms with Crippen molar-refractivity contribution < 1.29 is 4.79 Å². The van der Waals surface area contributed by atoms with Crippen molar-refractivity contribution >= 4 is 34.9 Å². The van der Waals surface area contributed by atoms with E-state index in [1.54, 1.807) is 12.1 Å². The zero-order valence-electron chi connectivity index (χ0n) is 15.7. The van der Waals surface area contributed by atoms with Gasteiger partial charge in [0.25, 0.3) is 5.24 Å². The van der Waals surface area contributed by atoms with E-state index < -0.39 is 5.24 Å². The van der Waals surface area contributed by atoms with E-state index in [0.29, 0.717) is 5.56 Å². The Bertz CT molecular complexity index is 529. The molecule has 2 nitrogen and oxygen atoms in total. The quantitative estimate of drug-likeness (QED) is 0.188. The SMILES string of the molecule is C=CCCCCCCCCC=CCCCNc1cccc(C(=O)Cl)c1.Cl. The van der Waals surface area contributed by atoms with E-state index in [1.165, 1.54) is 44.9 Å². The number of halogens is 2. The van der Waals surface area contributed by atoms with Crippen LogP contribution in [0.2, 0.25) is 0 Å². The molecule has 1 rings (SSSR count). The lowest BCUT2D eigenvalue weighted by molar-refractivity contribution is 0.108. The lowest BCUT2D eigenvalue weighted by Crippen LogP contribution is -2.01. The second-order valence-electron chi connectivity index (χ2n) is 6.38. The summed E-state index contributed by atoms with van der Waals surface area (Å²) in [7, 11) is 0. The number of anilines is 1. The molecule has 0 aliphatic carbocycles. The number of carbonyl (C=O) groups excluding carboxylic acids is 1. The molecule has 146 valence electrons. The number of allylic oxidation sites excluding steroid dienone is 3. The van der Waals surface area contributed by atoms with Crippen molar-refractivity contribution in [2.45, 2.75) is 64.2 Å². The van der Waals surface area contributed by atoms with Gasteiger partial charge in [0.05, 0.1) is 0 Å². The van der Waals surface area contributed by atoms with E-state index in [-0.39, 0.29) is 12.4 Å². The third kappa shape index (κ3) is 13.0. The first-order valence-corrected chi connectivity index (χ1v) is 9.91. The molecule has 1 aromatic carbocycles. The molecule has 0 unspecified atom stereocenters. The maximum atomic E-state index is 11.1. The molecule has 0 atom stereocenters. The first-order valence-electron chi connectivity index (χ1n) is 9.53. The first-order chi connectivity index (χ1) is 12.2. The highest BCUT2D eigenvalue weighted by molar-refractivity contribution is 6.67. The Morgan fingerprint density at radius 1 is 0.962 bits per heavy atom. The summed E-state index contributed by atoms with van der Waals surface area (Å²) in [4.78, 5) is 11.1. The summed E-state index contributed by atoms with van der Waals surface area (Å²) in [5.74, 6) is 0. The minimum Gasteiger partial charge on any atom is -0.385 e. The Hall–Kier alpha value is -1.25. The molecule has 0 amide bonds. The van der Waals surface area contributed by atoms with Crippen molar-refractivity contribution in [1.29, 1.82) is 0 Å². The molecule has 0 radical (unpaired) electrons. The van der Waals surface area contributed by atoms with Crippen molar-refractivity contribution in [3.8, 4) is 0 Å². The Morgan fingerprint density at radius 3 is 2.23 bits per heavy atom. The molecule has 26 heavy (non-hydrogen) atoms. The summed E-state index contributed by atoms with van der Waals surface area (Å²) >= 11 is 5.49. The van der Waals surface area contributed by atoms with Gasteiger partial charge >= 0.3 is 0 Å². The van der Waals surface area contributed by atoms with Crippen LogP contribution in [-0.4, -0.2) is 11.8 Å². The molecule has 1 aromatic rings. The average Bonchev–Trinajstić information content (AvgIpc) is 2.62. The molecule has 1 N–H and O–H groups in total. The van der Waals surface area contributed by atoms with E-state index in [2.05, 4.69) is 24.0 Å². The van der Waals surface area contributed by atoms with Gasteiger partial charge in [0.1, 0.15) is 0 Å². The van der Waals surface area contributed by atoms with Crippen molar-refractivity contribution in [1.82, 2.24) is 0 Å². The Morgan fingerprint density at radius 2 is 1.58 bits per heavy atom. The molecule has 0 bridgehead atoms. The molecule has 0 heterocycles. The molecule has 0 fully saturated rings. The second-order valence-corrected chi connectivity index (χ2v) is 6.73. The molecular formula is C22H33Cl2NO. The van der Waals surface area contributed by atoms with Gasteiger partial charge < -0.3 is 5.32 Å². The van der Waals surface area contributed by atoms with Gasteiger partial charge in [0.15, 0.2) is 0 Å². The molecule has 0 aliphatic heterocycles. The van der Waals surface area contributed by atoms with Gasteiger partial charge in [-0.05, 0) is 68.3 Å². The standard InChI is InChI=1S/C22H32ClNO.ClH/c1-2-3-4-5-6-7-8-9-10-11-12-13-14-18-24-21-17-15-16-20(19-21)22(23)25;/h2,11-12,15-17,19,24H,1,3-10,13-14,18H2;1H. The molecular weight excluding hydrogens is 365 g/mol. The zero-order chi connectivity index (χ0) is 18.2. The molecule has 0 aromatic heterocycles. The summed E-state index contributed by atoms with van der Waals surface area (Å²) in [6.45, 7) is 4.65. The van der Waals surface area contributed by atoms with Crippen LogP contribution in [0.1, 0.15) is 74.6 Å². The van der Waals surface area contributed by atoms with Crippen LogP contribution in [0.3, 0.4) is 0 Å². The monoisotopic (exact) mass is 397 g/mol. The highest BCUT2D eigenvalue weighted by Gasteiger charge is 2.01. The largest absolute Gasteiger partial charge is 0.385 e. The fourth-order valence-corrected chi connectivity index (χ4v) is 2.82. The summed E-state index contributed by atoms with van der Waals surface area (Å²) in [5, 5.41) is 2.92. The number of hydrogen-bond donors (Lipinski definition) is 1. The van der Waals surface area contributed by atoms with Crippen LogP contribution in [-0.2, 0) is 0 Å². The smallest absolute Gasteiger partial charge is 0.252 e. The maximum Gasteiger partial charge on any atom is 0.252 e. The van der Waals surface area contributed by atoms with Gasteiger partial charge in [-0.25, -0.2) is 0 Å². The minimum absolute atomic E-state index is 0. The molecule has 0 aliphatic rings. The fraction of sp³-hybridized carbons (Fsp3) is 0.500. The topological polar surface area (TPSA) is 29.1 Å². The van der Waals surface area contributed by atoms with Crippen molar-refractivity contribution in [2.24, 2.45) is 0 Å². The summed E-state index contributed by atoms with van der Waals surface area (Å²) in [5.41, 5.74) is 1.48. The van der Waals surface area contributed by atoms with Crippen molar-refractivity contribution in [3.63, 3.8) is 0 Å². The first kappa shape index (κ1) is 24.8. The fourth-order valence-electron chi connectivity index (χ4n) is 2.70. The summed E-state index contributed by atoms with van der Waals surface area (Å²) < 4.78 is 0. The van der Waals surface area contributed by atoms with E-state index in [9.17, 15) is 4.79 Å². The number of unbranched alkanes of at least 4 members (excludes halogenated alkanes) is 8. The van der Waals surface area contributed by atoms with Gasteiger partial charge in [-0.3, -0.25) is 4.79 Å². The number of hydrogen-bond acceptors (Lipinski definition) is 2. The summed E-state index contributed by atoms with van der Waals surface area (Å²) in [6, 6.07) is 7.32. The predicted octanol–water partition coefficient (Wildman–Crippen LogP) is 7.54.